The minimum atomic E-state index is -0.162. The Morgan fingerprint density at radius 2 is 0.781 bits per heavy atom. The summed E-state index contributed by atoms with van der Waals surface area (Å²) in [5.41, 5.74) is 9.91. The van der Waals surface area contributed by atoms with Gasteiger partial charge in [0.25, 0.3) is 0 Å². The zero-order chi connectivity index (χ0) is 42.2. The van der Waals surface area contributed by atoms with Gasteiger partial charge in [0, 0.05) is 43.7 Å². The SMILES string of the molecule is O=c1c2cc(N3c4ccccc4Oc4ccccc43)ccc2n2c3ccc(N4c5ccccc5Oc5ccccc54)cc3c(=O)c3cc(-c4ccc5oc6ccccc6c5c4)cc1c32. The fraction of sp³-hybridized carbons (Fsp3) is 0. The van der Waals surface area contributed by atoms with Gasteiger partial charge >= 0.3 is 0 Å². The molecule has 0 N–H and O–H groups in total. The van der Waals surface area contributed by atoms with Crippen molar-refractivity contribution in [1.29, 1.82) is 0 Å². The van der Waals surface area contributed by atoms with Crippen LogP contribution in [0, 0.1) is 0 Å². The van der Waals surface area contributed by atoms with Gasteiger partial charge in [-0.2, -0.15) is 0 Å². The van der Waals surface area contributed by atoms with Crippen molar-refractivity contribution in [2.75, 3.05) is 9.80 Å². The van der Waals surface area contributed by atoms with Gasteiger partial charge in [0.2, 0.25) is 0 Å². The zero-order valence-corrected chi connectivity index (χ0v) is 33.8. The number of benzene rings is 9. The first-order valence-corrected chi connectivity index (χ1v) is 21.2. The summed E-state index contributed by atoms with van der Waals surface area (Å²) in [6, 6.07) is 61.6. The molecule has 0 aliphatic carbocycles. The molecule has 0 bridgehead atoms. The van der Waals surface area contributed by atoms with Crippen molar-refractivity contribution < 1.29 is 13.9 Å². The molecule has 2 aliphatic rings. The maximum atomic E-state index is 15.3. The quantitative estimate of drug-likeness (QED) is 0.130. The number of anilines is 6. The Kier molecular flexibility index (Phi) is 6.97. The molecule has 0 radical (unpaired) electrons. The Balaban J connectivity index is 1.07. The van der Waals surface area contributed by atoms with Crippen molar-refractivity contribution in [3.63, 3.8) is 0 Å². The van der Waals surface area contributed by atoms with E-state index in [2.05, 4.69) is 20.3 Å². The van der Waals surface area contributed by atoms with Gasteiger partial charge < -0.3 is 28.1 Å². The van der Waals surface area contributed by atoms with E-state index in [1.165, 1.54) is 0 Å². The van der Waals surface area contributed by atoms with Gasteiger partial charge in [0.1, 0.15) is 11.2 Å². The highest BCUT2D eigenvalue weighted by atomic mass is 16.5. The number of fused-ring (bicyclic) bond motifs is 11. The van der Waals surface area contributed by atoms with Gasteiger partial charge in [-0.05, 0) is 126 Å². The standard InChI is InChI=1S/C56H31N3O5/c60-55-38-30-34(57-44-12-2-7-17-50(44)63-51-18-8-3-13-45(51)57)22-24-42(38)59-43-25-23-35(58-46-14-4-9-19-52(46)64-53-20-10-5-15-47(53)58)31-39(43)56(61)41-29-33(28-40(55)54(41)59)32-21-26-49-37(27-32)36-11-1-6-16-48(36)62-49/h1-31H. The van der Waals surface area contributed by atoms with Crippen LogP contribution >= 0.6 is 0 Å². The summed E-state index contributed by atoms with van der Waals surface area (Å²) in [4.78, 5) is 34.9. The molecular formula is C56H31N3O5. The van der Waals surface area contributed by atoms with Crippen LogP contribution in [0.1, 0.15) is 0 Å². The predicted molar refractivity (Wildman–Crippen MR) is 256 cm³/mol. The zero-order valence-electron chi connectivity index (χ0n) is 33.8. The molecule has 2 aliphatic heterocycles. The number of furan rings is 1. The molecule has 9 aromatic carbocycles. The van der Waals surface area contributed by atoms with Crippen molar-refractivity contribution in [2.24, 2.45) is 0 Å². The highest BCUT2D eigenvalue weighted by molar-refractivity contribution is 6.12. The molecular weight excluding hydrogens is 795 g/mol. The van der Waals surface area contributed by atoms with Crippen LogP contribution in [-0.2, 0) is 0 Å². The molecule has 3 aromatic heterocycles. The summed E-state index contributed by atoms with van der Waals surface area (Å²) in [5.74, 6) is 2.88. The fourth-order valence-corrected chi connectivity index (χ4v) is 10.0. The summed E-state index contributed by atoms with van der Waals surface area (Å²) in [5, 5.41) is 3.91. The van der Waals surface area contributed by atoms with Crippen LogP contribution in [0.2, 0.25) is 0 Å². The van der Waals surface area contributed by atoms with E-state index in [-0.39, 0.29) is 10.9 Å². The van der Waals surface area contributed by atoms with E-state index in [1.54, 1.807) is 0 Å². The topological polar surface area (TPSA) is 76.6 Å². The third-order valence-corrected chi connectivity index (χ3v) is 12.8. The van der Waals surface area contributed by atoms with Crippen LogP contribution in [-0.4, -0.2) is 4.40 Å². The molecule has 0 amide bonds. The molecule has 5 heterocycles. The van der Waals surface area contributed by atoms with Gasteiger partial charge in [-0.3, -0.25) is 9.59 Å². The summed E-state index contributed by atoms with van der Waals surface area (Å²) in [6.07, 6.45) is 0. The van der Waals surface area contributed by atoms with E-state index in [1.807, 2.05) is 182 Å². The van der Waals surface area contributed by atoms with Crippen LogP contribution in [0.4, 0.5) is 34.1 Å². The van der Waals surface area contributed by atoms with Gasteiger partial charge in [0.15, 0.2) is 33.9 Å². The van der Waals surface area contributed by atoms with Crippen LogP contribution < -0.4 is 30.1 Å². The molecule has 12 aromatic rings. The predicted octanol–water partition coefficient (Wildman–Crippen LogP) is 14.3. The van der Waals surface area contributed by atoms with Crippen molar-refractivity contribution in [2.45, 2.75) is 0 Å². The smallest absolute Gasteiger partial charge is 0.197 e. The molecule has 0 saturated heterocycles. The minimum Gasteiger partial charge on any atom is -0.456 e. The van der Waals surface area contributed by atoms with Gasteiger partial charge in [0.05, 0.1) is 39.3 Å². The molecule has 8 nitrogen and oxygen atoms in total. The Hall–Kier alpha value is -8.88. The lowest BCUT2D eigenvalue weighted by Crippen LogP contribution is -2.18. The fourth-order valence-electron chi connectivity index (χ4n) is 10.0. The second kappa shape index (κ2) is 12.8. The Labute approximate surface area is 363 Å². The van der Waals surface area contributed by atoms with Crippen LogP contribution in [0.5, 0.6) is 23.0 Å². The largest absolute Gasteiger partial charge is 0.456 e. The summed E-state index contributed by atoms with van der Waals surface area (Å²) >= 11 is 0. The Morgan fingerprint density at radius 1 is 0.344 bits per heavy atom. The third kappa shape index (κ3) is 4.81. The van der Waals surface area contributed by atoms with Crippen molar-refractivity contribution in [1.82, 2.24) is 4.40 Å². The first-order valence-electron chi connectivity index (χ1n) is 21.2. The monoisotopic (exact) mass is 825 g/mol. The maximum Gasteiger partial charge on any atom is 0.197 e. The van der Waals surface area contributed by atoms with E-state index in [0.717, 1.165) is 90.2 Å². The lowest BCUT2D eigenvalue weighted by Gasteiger charge is -2.33. The van der Waals surface area contributed by atoms with E-state index in [0.29, 0.717) is 38.1 Å². The average Bonchev–Trinajstić information content (AvgIpc) is 3.72. The van der Waals surface area contributed by atoms with Crippen molar-refractivity contribution in [3.8, 4) is 34.1 Å². The number of ether oxygens (including phenoxy) is 2. The number of hydrogen-bond donors (Lipinski definition) is 0. The van der Waals surface area contributed by atoms with Crippen LogP contribution in [0.3, 0.4) is 0 Å². The molecule has 0 unspecified atom stereocenters. The molecule has 0 atom stereocenters. The summed E-state index contributed by atoms with van der Waals surface area (Å²) < 4.78 is 21.0. The molecule has 300 valence electrons. The first kappa shape index (κ1) is 34.8. The van der Waals surface area contributed by atoms with Crippen LogP contribution in [0.15, 0.2) is 202 Å². The van der Waals surface area contributed by atoms with E-state index in [9.17, 15) is 0 Å². The normalized spacial score (nSPS) is 13.0. The van der Waals surface area contributed by atoms with Gasteiger partial charge in [-0.15, -0.1) is 0 Å². The molecule has 0 saturated carbocycles. The molecule has 0 fully saturated rings. The van der Waals surface area contributed by atoms with E-state index in [4.69, 9.17) is 13.9 Å². The highest BCUT2D eigenvalue weighted by Gasteiger charge is 2.29. The number of nitrogens with zero attached hydrogens (tertiary/aromatic N) is 3. The number of hydrogen-bond acceptors (Lipinski definition) is 7. The number of pyridine rings is 2. The minimum absolute atomic E-state index is 0.162. The number of aromatic nitrogens is 1. The highest BCUT2D eigenvalue weighted by Crippen LogP contribution is 2.52. The van der Waals surface area contributed by atoms with E-state index >= 15 is 9.59 Å². The summed E-state index contributed by atoms with van der Waals surface area (Å²) in [6.45, 7) is 0. The number of rotatable bonds is 3. The molecule has 8 heteroatoms. The van der Waals surface area contributed by atoms with Gasteiger partial charge in [-0.25, -0.2) is 0 Å². The van der Waals surface area contributed by atoms with Crippen LogP contribution in [0.25, 0.3) is 71.2 Å². The average molecular weight is 826 g/mol. The summed E-state index contributed by atoms with van der Waals surface area (Å²) in [7, 11) is 0. The Bertz CT molecular complexity index is 3820. The number of para-hydroxylation sites is 9. The lowest BCUT2D eigenvalue weighted by atomic mass is 9.96. The first-order chi connectivity index (χ1) is 31.6. The second-order valence-electron chi connectivity index (χ2n) is 16.4. The second-order valence-corrected chi connectivity index (χ2v) is 16.4. The lowest BCUT2D eigenvalue weighted by molar-refractivity contribution is 0.477. The van der Waals surface area contributed by atoms with Crippen molar-refractivity contribution in [3.05, 3.63) is 209 Å². The van der Waals surface area contributed by atoms with Gasteiger partial charge in [-0.1, -0.05) is 72.8 Å². The Morgan fingerprint density at radius 3 is 1.30 bits per heavy atom. The molecule has 0 spiro atoms. The van der Waals surface area contributed by atoms with E-state index < -0.39 is 0 Å². The molecule has 64 heavy (non-hydrogen) atoms. The van der Waals surface area contributed by atoms with Crippen molar-refractivity contribution >= 4 is 94.2 Å². The third-order valence-electron chi connectivity index (χ3n) is 12.8. The molecule has 14 rings (SSSR count). The maximum absolute atomic E-state index is 15.3.